The van der Waals surface area contributed by atoms with Crippen LogP contribution in [0.15, 0.2) is 47.8 Å². The second-order valence-corrected chi connectivity index (χ2v) is 8.60. The van der Waals surface area contributed by atoms with E-state index in [4.69, 9.17) is 14.5 Å². The number of aromatic nitrogens is 1. The molecule has 0 N–H and O–H groups in total. The minimum absolute atomic E-state index is 0.103. The molecule has 7 heteroatoms. The summed E-state index contributed by atoms with van der Waals surface area (Å²) in [6, 6.07) is 13.0. The molecule has 0 radical (unpaired) electrons. The highest BCUT2D eigenvalue weighted by Gasteiger charge is 2.32. The molecule has 0 saturated carbocycles. The molecular formula is C25H26N2O4S. The largest absolute Gasteiger partial charge is 0.479 e. The summed E-state index contributed by atoms with van der Waals surface area (Å²) >= 11 is 1.66. The lowest BCUT2D eigenvalue weighted by Gasteiger charge is -2.33. The number of amides is 1. The van der Waals surface area contributed by atoms with E-state index in [-0.39, 0.29) is 11.9 Å². The predicted octanol–water partition coefficient (Wildman–Crippen LogP) is 5.25. The topological polar surface area (TPSA) is 68.7 Å². The number of anilines is 1. The summed E-state index contributed by atoms with van der Waals surface area (Å²) in [5, 5.41) is 3.17. The molecule has 1 aliphatic heterocycles. The summed E-state index contributed by atoms with van der Waals surface area (Å²) in [7, 11) is 0. The summed E-state index contributed by atoms with van der Waals surface area (Å²) in [5.41, 5.74) is 3.99. The van der Waals surface area contributed by atoms with Gasteiger partial charge >= 0.3 is 5.97 Å². The number of hydrogen-bond donors (Lipinski definition) is 0. The zero-order valence-electron chi connectivity index (χ0n) is 18.5. The van der Waals surface area contributed by atoms with Gasteiger partial charge in [-0.15, -0.1) is 11.3 Å². The molecule has 2 aromatic carbocycles. The van der Waals surface area contributed by atoms with Crippen LogP contribution in [-0.4, -0.2) is 29.6 Å². The monoisotopic (exact) mass is 450 g/mol. The van der Waals surface area contributed by atoms with Gasteiger partial charge in [0, 0.05) is 10.9 Å². The Labute approximate surface area is 191 Å². The molecule has 0 bridgehead atoms. The Morgan fingerprint density at radius 2 is 1.97 bits per heavy atom. The third-order valence-corrected chi connectivity index (χ3v) is 6.19. The van der Waals surface area contributed by atoms with Crippen molar-refractivity contribution in [1.29, 1.82) is 0 Å². The molecule has 0 saturated heterocycles. The highest BCUT2D eigenvalue weighted by molar-refractivity contribution is 7.09. The molecule has 0 fully saturated rings. The van der Waals surface area contributed by atoms with Crippen molar-refractivity contribution in [2.24, 2.45) is 0 Å². The average Bonchev–Trinajstić information content (AvgIpc) is 3.26. The molecule has 1 amide bonds. The molecule has 0 spiro atoms. The van der Waals surface area contributed by atoms with Gasteiger partial charge in [-0.3, -0.25) is 4.79 Å². The molecule has 166 valence electrons. The van der Waals surface area contributed by atoms with E-state index < -0.39 is 6.10 Å². The molecule has 1 unspecified atom stereocenters. The van der Waals surface area contributed by atoms with Gasteiger partial charge in [-0.1, -0.05) is 19.1 Å². The van der Waals surface area contributed by atoms with Gasteiger partial charge in [-0.2, -0.15) is 0 Å². The van der Waals surface area contributed by atoms with E-state index in [1.54, 1.807) is 42.2 Å². The van der Waals surface area contributed by atoms with Gasteiger partial charge in [0.25, 0.3) is 5.91 Å². The Kier molecular flexibility index (Phi) is 6.55. The van der Waals surface area contributed by atoms with Crippen molar-refractivity contribution in [2.45, 2.75) is 46.3 Å². The zero-order chi connectivity index (χ0) is 22.7. The van der Waals surface area contributed by atoms with Crippen LogP contribution in [0.3, 0.4) is 0 Å². The molecule has 2 heterocycles. The van der Waals surface area contributed by atoms with Crippen LogP contribution >= 0.6 is 11.3 Å². The van der Waals surface area contributed by atoms with Crippen LogP contribution in [-0.2, 0) is 22.5 Å². The number of esters is 1. The lowest BCUT2D eigenvalue weighted by molar-refractivity contribution is -0.125. The Hall–Kier alpha value is -3.19. The van der Waals surface area contributed by atoms with E-state index in [1.165, 1.54) is 0 Å². The number of thiazole rings is 1. The fraction of sp³-hybridized carbons (Fsp3) is 0.320. The highest BCUT2D eigenvalue weighted by atomic mass is 32.1. The van der Waals surface area contributed by atoms with Crippen LogP contribution in [0, 0.1) is 0 Å². The number of carbonyl (C=O) groups is 2. The lowest BCUT2D eigenvalue weighted by atomic mass is 10.1. The van der Waals surface area contributed by atoms with E-state index in [0.717, 1.165) is 40.4 Å². The van der Waals surface area contributed by atoms with E-state index in [9.17, 15) is 9.59 Å². The second kappa shape index (κ2) is 9.53. The average molecular weight is 451 g/mol. The smallest absolute Gasteiger partial charge is 0.338 e. The third kappa shape index (κ3) is 4.53. The second-order valence-electron chi connectivity index (χ2n) is 7.66. The molecule has 0 aliphatic carbocycles. The number of fused-ring (bicyclic) bond motifs is 1. The Morgan fingerprint density at radius 1 is 1.19 bits per heavy atom. The molecule has 6 nitrogen and oxygen atoms in total. The number of rotatable bonds is 7. The minimum atomic E-state index is -0.567. The molecule has 3 aromatic rings. The SMILES string of the molecule is CCCc1nc(-c2ccc3c(c2)N(Cc2ccc(C(=O)OCC)cc2)C(=O)C(C)O3)cs1. The molecule has 32 heavy (non-hydrogen) atoms. The normalized spacial score (nSPS) is 15.3. The summed E-state index contributed by atoms with van der Waals surface area (Å²) < 4.78 is 10.9. The molecule has 1 aliphatic rings. The van der Waals surface area contributed by atoms with E-state index in [0.29, 0.717) is 24.5 Å². The zero-order valence-corrected chi connectivity index (χ0v) is 19.3. The molecule has 1 aromatic heterocycles. The predicted molar refractivity (Wildman–Crippen MR) is 125 cm³/mol. The molecule has 1 atom stereocenters. The number of aryl methyl sites for hydroxylation is 1. The highest BCUT2D eigenvalue weighted by Crippen LogP contribution is 2.38. The summed E-state index contributed by atoms with van der Waals surface area (Å²) in [6.45, 7) is 6.39. The van der Waals surface area contributed by atoms with E-state index in [1.807, 2.05) is 30.3 Å². The number of hydrogen-bond acceptors (Lipinski definition) is 6. The van der Waals surface area contributed by atoms with Crippen LogP contribution in [0.25, 0.3) is 11.3 Å². The van der Waals surface area contributed by atoms with Gasteiger partial charge in [0.1, 0.15) is 5.75 Å². The van der Waals surface area contributed by atoms with Gasteiger partial charge < -0.3 is 14.4 Å². The Bertz CT molecular complexity index is 1120. The van der Waals surface area contributed by atoms with Crippen LogP contribution in [0.4, 0.5) is 5.69 Å². The van der Waals surface area contributed by atoms with E-state index in [2.05, 4.69) is 12.3 Å². The number of nitrogens with zero attached hydrogens (tertiary/aromatic N) is 2. The van der Waals surface area contributed by atoms with Gasteiger partial charge in [0.05, 0.1) is 35.1 Å². The van der Waals surface area contributed by atoms with Crippen molar-refractivity contribution in [1.82, 2.24) is 4.98 Å². The van der Waals surface area contributed by atoms with Gasteiger partial charge in [-0.25, -0.2) is 9.78 Å². The van der Waals surface area contributed by atoms with Crippen LogP contribution in [0.5, 0.6) is 5.75 Å². The maximum Gasteiger partial charge on any atom is 0.338 e. The van der Waals surface area contributed by atoms with E-state index >= 15 is 0 Å². The van der Waals surface area contributed by atoms with Gasteiger partial charge in [0.15, 0.2) is 6.10 Å². The van der Waals surface area contributed by atoms with Crippen molar-refractivity contribution in [3.63, 3.8) is 0 Å². The van der Waals surface area contributed by atoms with Crippen molar-refractivity contribution in [2.75, 3.05) is 11.5 Å². The summed E-state index contributed by atoms with van der Waals surface area (Å²) in [5.74, 6) is 0.220. The van der Waals surface area contributed by atoms with Crippen LogP contribution in [0.1, 0.15) is 48.1 Å². The maximum atomic E-state index is 13.0. The fourth-order valence-corrected chi connectivity index (χ4v) is 4.55. The molecule has 4 rings (SSSR count). The van der Waals surface area contributed by atoms with Crippen molar-refractivity contribution < 1.29 is 19.1 Å². The standard InChI is InChI=1S/C25H26N2O4S/c1-4-6-23-26-20(15-32-23)19-11-12-22-21(13-19)27(24(28)16(3)31-22)14-17-7-9-18(10-8-17)25(29)30-5-2/h7-13,15-16H,4-6,14H2,1-3H3. The Balaban J connectivity index is 1.62. The molecular weight excluding hydrogens is 424 g/mol. The summed E-state index contributed by atoms with van der Waals surface area (Å²) in [6.07, 6.45) is 1.45. The van der Waals surface area contributed by atoms with Crippen molar-refractivity contribution in [3.8, 4) is 17.0 Å². The first-order chi connectivity index (χ1) is 15.5. The Morgan fingerprint density at radius 3 is 2.69 bits per heavy atom. The first kappa shape index (κ1) is 22.0. The number of carbonyl (C=O) groups excluding carboxylic acids is 2. The third-order valence-electron chi connectivity index (χ3n) is 5.28. The lowest BCUT2D eigenvalue weighted by Crippen LogP contribution is -2.44. The van der Waals surface area contributed by atoms with Crippen molar-refractivity contribution >= 4 is 28.9 Å². The number of ether oxygens (including phenoxy) is 2. The number of benzene rings is 2. The van der Waals surface area contributed by atoms with Crippen molar-refractivity contribution in [3.05, 3.63) is 64.0 Å². The maximum absolute atomic E-state index is 13.0. The first-order valence-electron chi connectivity index (χ1n) is 10.8. The van der Waals surface area contributed by atoms with Gasteiger partial charge in [0.2, 0.25) is 0 Å². The van der Waals surface area contributed by atoms with Crippen LogP contribution < -0.4 is 9.64 Å². The summed E-state index contributed by atoms with van der Waals surface area (Å²) in [4.78, 5) is 31.4. The van der Waals surface area contributed by atoms with Crippen LogP contribution in [0.2, 0.25) is 0 Å². The van der Waals surface area contributed by atoms with Gasteiger partial charge in [-0.05, 0) is 62.6 Å². The quantitative estimate of drug-likeness (QED) is 0.460. The fourth-order valence-electron chi connectivity index (χ4n) is 3.64. The first-order valence-corrected chi connectivity index (χ1v) is 11.7. The minimum Gasteiger partial charge on any atom is -0.479 e.